The summed E-state index contributed by atoms with van der Waals surface area (Å²) in [6, 6.07) is 17.9. The predicted molar refractivity (Wildman–Crippen MR) is 161 cm³/mol. The molecule has 4 aromatic heterocycles. The van der Waals surface area contributed by atoms with Crippen LogP contribution >= 0.6 is 0 Å². The maximum absolute atomic E-state index is 13.2. The van der Waals surface area contributed by atoms with Gasteiger partial charge in [-0.15, -0.1) is 10.2 Å². The molecule has 0 unspecified atom stereocenters. The Kier molecular flexibility index (Phi) is 6.42. The maximum Gasteiger partial charge on any atom is 0.255 e. The zero-order valence-electron chi connectivity index (χ0n) is 23.1. The molecule has 0 aliphatic rings. The Bertz CT molecular complexity index is 2080. The molecule has 1 amide bonds. The van der Waals surface area contributed by atoms with Gasteiger partial charge in [0.2, 0.25) is 15.9 Å². The van der Waals surface area contributed by atoms with Gasteiger partial charge in [0, 0.05) is 48.3 Å². The molecule has 0 fully saturated rings. The summed E-state index contributed by atoms with van der Waals surface area (Å²) in [6.07, 6.45) is 2.74. The van der Waals surface area contributed by atoms with Gasteiger partial charge in [-0.2, -0.15) is 0 Å². The zero-order valence-corrected chi connectivity index (χ0v) is 23.9. The van der Waals surface area contributed by atoms with Crippen LogP contribution in [0.25, 0.3) is 55.8 Å². The van der Waals surface area contributed by atoms with Gasteiger partial charge in [0.15, 0.2) is 0 Å². The number of H-pyrrole nitrogens is 1. The van der Waals surface area contributed by atoms with E-state index in [1.54, 1.807) is 30.5 Å². The summed E-state index contributed by atoms with van der Waals surface area (Å²) in [7, 11) is -0.778. The molecular formula is C30H26N6O5S. The van der Waals surface area contributed by atoms with Gasteiger partial charge in [-0.1, -0.05) is 29.8 Å². The molecular weight excluding hydrogens is 556 g/mol. The maximum atomic E-state index is 13.2. The van der Waals surface area contributed by atoms with Crippen LogP contribution in [-0.4, -0.2) is 59.9 Å². The zero-order chi connectivity index (χ0) is 29.8. The van der Waals surface area contributed by atoms with E-state index in [9.17, 15) is 18.3 Å². The Balaban J connectivity index is 1.63. The highest BCUT2D eigenvalue weighted by Gasteiger charge is 2.27. The topological polar surface area (TPSA) is 154 Å². The van der Waals surface area contributed by atoms with Crippen LogP contribution in [0.1, 0.15) is 15.9 Å². The summed E-state index contributed by atoms with van der Waals surface area (Å²) in [5.41, 5.74) is 4.73. The number of sulfonamides is 1. The molecule has 4 heterocycles. The number of benzene rings is 2. The number of aryl methyl sites for hydroxylation is 1. The van der Waals surface area contributed by atoms with E-state index in [0.29, 0.717) is 50.3 Å². The molecule has 0 bridgehead atoms. The Morgan fingerprint density at radius 2 is 1.81 bits per heavy atom. The molecule has 0 spiro atoms. The monoisotopic (exact) mass is 582 g/mol. The van der Waals surface area contributed by atoms with Gasteiger partial charge in [-0.25, -0.2) is 13.4 Å². The first-order valence-corrected chi connectivity index (χ1v) is 14.7. The lowest BCUT2D eigenvalue weighted by Crippen LogP contribution is -2.25. The van der Waals surface area contributed by atoms with Gasteiger partial charge in [-0.3, -0.25) is 9.10 Å². The van der Waals surface area contributed by atoms with Crippen molar-refractivity contribution in [2.75, 3.05) is 24.7 Å². The normalized spacial score (nSPS) is 11.7. The summed E-state index contributed by atoms with van der Waals surface area (Å²) in [4.78, 5) is 20.7. The molecule has 212 valence electrons. The fourth-order valence-corrected chi connectivity index (χ4v) is 5.36. The molecule has 3 N–H and O–H groups in total. The minimum absolute atomic E-state index is 0.252. The number of rotatable bonds is 6. The first kappa shape index (κ1) is 27.0. The van der Waals surface area contributed by atoms with E-state index in [4.69, 9.17) is 4.42 Å². The number of anilines is 1. The van der Waals surface area contributed by atoms with Gasteiger partial charge in [0.05, 0.1) is 34.5 Å². The van der Waals surface area contributed by atoms with Crippen LogP contribution < -0.4 is 9.62 Å². The average molecular weight is 583 g/mol. The fraction of sp³-hybridized carbons (Fsp3) is 0.133. The van der Waals surface area contributed by atoms with E-state index in [2.05, 4.69) is 25.5 Å². The van der Waals surface area contributed by atoms with Gasteiger partial charge >= 0.3 is 0 Å². The van der Waals surface area contributed by atoms with Crippen molar-refractivity contribution in [1.82, 2.24) is 25.5 Å². The number of nitrogens with one attached hydrogen (secondary N) is 2. The van der Waals surface area contributed by atoms with E-state index in [1.807, 2.05) is 43.3 Å². The lowest BCUT2D eigenvalue weighted by Gasteiger charge is -2.20. The van der Waals surface area contributed by atoms with Crippen molar-refractivity contribution in [2.45, 2.75) is 6.92 Å². The molecule has 0 radical (unpaired) electrons. The molecule has 11 nitrogen and oxygen atoms in total. The first-order valence-electron chi connectivity index (χ1n) is 12.9. The summed E-state index contributed by atoms with van der Waals surface area (Å²) < 4.78 is 32.8. The summed E-state index contributed by atoms with van der Waals surface area (Å²) >= 11 is 0. The largest absolute Gasteiger partial charge is 0.492 e. The second-order valence-electron chi connectivity index (χ2n) is 9.94. The molecule has 6 aromatic rings. The SMILES string of the molecule is CNC(=O)c1c(-c2ccc(C)cc2)oc2cc(N(C)S(C)(=O)=O)c(-c3cc(-c4cc5cccnc5[nH]4)c(O)nn3)cc12. The molecule has 2 aromatic carbocycles. The van der Waals surface area contributed by atoms with Crippen LogP contribution in [0.3, 0.4) is 0 Å². The van der Waals surface area contributed by atoms with Crippen LogP contribution in [0.15, 0.2) is 71.3 Å². The van der Waals surface area contributed by atoms with Crippen LogP contribution in [0, 0.1) is 6.92 Å². The van der Waals surface area contributed by atoms with Crippen molar-refractivity contribution < 1.29 is 22.7 Å². The van der Waals surface area contributed by atoms with E-state index in [0.717, 1.165) is 21.5 Å². The lowest BCUT2D eigenvalue weighted by molar-refractivity contribution is 0.0964. The number of pyridine rings is 1. The van der Waals surface area contributed by atoms with Gasteiger partial charge in [0.1, 0.15) is 17.0 Å². The van der Waals surface area contributed by atoms with Crippen LogP contribution in [0.5, 0.6) is 5.88 Å². The second kappa shape index (κ2) is 10.00. The number of aromatic hydroxyl groups is 1. The van der Waals surface area contributed by atoms with Gasteiger partial charge in [0.25, 0.3) is 5.91 Å². The Labute approximate surface area is 240 Å². The third kappa shape index (κ3) is 4.61. The van der Waals surface area contributed by atoms with Crippen LogP contribution in [0.2, 0.25) is 0 Å². The van der Waals surface area contributed by atoms with Crippen LogP contribution in [-0.2, 0) is 10.0 Å². The highest BCUT2D eigenvalue weighted by atomic mass is 32.2. The summed E-state index contributed by atoms with van der Waals surface area (Å²) in [6.45, 7) is 1.96. The number of aromatic nitrogens is 4. The fourth-order valence-electron chi connectivity index (χ4n) is 4.85. The minimum atomic E-state index is -3.72. The highest BCUT2D eigenvalue weighted by molar-refractivity contribution is 7.92. The molecule has 6 rings (SSSR count). The second-order valence-corrected chi connectivity index (χ2v) is 12.0. The molecule has 0 atom stereocenters. The number of carbonyl (C=O) groups is 1. The van der Waals surface area contributed by atoms with E-state index in [1.165, 1.54) is 14.1 Å². The molecule has 0 saturated carbocycles. The third-order valence-electron chi connectivity index (χ3n) is 7.14. The average Bonchev–Trinajstić information content (AvgIpc) is 3.57. The van der Waals surface area contributed by atoms with Gasteiger partial charge in [-0.05, 0) is 37.3 Å². The predicted octanol–water partition coefficient (Wildman–Crippen LogP) is 4.87. The summed E-state index contributed by atoms with van der Waals surface area (Å²) in [5.74, 6) is -0.347. The van der Waals surface area contributed by atoms with Crippen molar-refractivity contribution in [1.29, 1.82) is 0 Å². The van der Waals surface area contributed by atoms with Crippen molar-refractivity contribution in [3.63, 3.8) is 0 Å². The number of fused-ring (bicyclic) bond motifs is 2. The van der Waals surface area contributed by atoms with Crippen molar-refractivity contribution in [3.05, 3.63) is 78.0 Å². The number of carbonyl (C=O) groups excluding carboxylic acids is 1. The van der Waals surface area contributed by atoms with Crippen LogP contribution in [0.4, 0.5) is 5.69 Å². The van der Waals surface area contributed by atoms with Crippen molar-refractivity contribution >= 4 is 43.6 Å². The molecule has 42 heavy (non-hydrogen) atoms. The number of aromatic amines is 1. The lowest BCUT2D eigenvalue weighted by atomic mass is 10.00. The van der Waals surface area contributed by atoms with Gasteiger partial charge < -0.3 is 19.8 Å². The molecule has 0 saturated heterocycles. The Morgan fingerprint density at radius 1 is 1.05 bits per heavy atom. The first-order chi connectivity index (χ1) is 20.0. The number of nitrogens with zero attached hydrogens (tertiary/aromatic N) is 4. The number of amides is 1. The number of furan rings is 1. The van der Waals surface area contributed by atoms with E-state index >= 15 is 0 Å². The Hall–Kier alpha value is -5.23. The van der Waals surface area contributed by atoms with Crippen molar-refractivity contribution in [2.24, 2.45) is 0 Å². The summed E-state index contributed by atoms with van der Waals surface area (Å²) in [5, 5.41) is 22.8. The number of hydrogen-bond donors (Lipinski definition) is 3. The van der Waals surface area contributed by atoms with Crippen molar-refractivity contribution in [3.8, 4) is 39.7 Å². The smallest absolute Gasteiger partial charge is 0.255 e. The number of hydrogen-bond acceptors (Lipinski definition) is 8. The standard InChI is InChI=1S/C30H26N6O5S/c1-16-7-9-17(10-8-16)27-26(30(38)31-2)21-13-19(24(15-25(21)41-27)36(3)42(4,39)40)23-14-20(29(37)35-34-23)22-12-18-6-5-11-32-28(18)33-22/h5-15H,1-4H3,(H,31,38)(H,32,33)(H,35,37). The highest BCUT2D eigenvalue weighted by Crippen LogP contribution is 2.42. The Morgan fingerprint density at radius 3 is 2.50 bits per heavy atom. The molecule has 0 aliphatic carbocycles. The molecule has 0 aliphatic heterocycles. The van der Waals surface area contributed by atoms with E-state index in [-0.39, 0.29) is 23.2 Å². The molecule has 12 heteroatoms. The van der Waals surface area contributed by atoms with E-state index < -0.39 is 10.0 Å². The minimum Gasteiger partial charge on any atom is -0.492 e. The quantitative estimate of drug-likeness (QED) is 0.251. The third-order valence-corrected chi connectivity index (χ3v) is 8.33.